The van der Waals surface area contributed by atoms with Crippen molar-refractivity contribution in [2.24, 2.45) is 0 Å². The Morgan fingerprint density at radius 2 is 2.06 bits per heavy atom. The van der Waals surface area contributed by atoms with Crippen molar-refractivity contribution >= 4 is 5.70 Å². The number of methoxy groups -OCH3 is 1. The molecule has 3 nitrogen and oxygen atoms in total. The van der Waals surface area contributed by atoms with Gasteiger partial charge in [-0.2, -0.15) is 5.56 Å². The molecule has 93 valence electrons. The number of hydrogen-bond acceptors (Lipinski definition) is 3. The fourth-order valence-corrected chi connectivity index (χ4v) is 1.64. The van der Waals surface area contributed by atoms with E-state index in [0.717, 1.165) is 35.5 Å². The van der Waals surface area contributed by atoms with E-state index in [0.29, 0.717) is 0 Å². The quantitative estimate of drug-likeness (QED) is 0.684. The van der Waals surface area contributed by atoms with Crippen molar-refractivity contribution in [3.63, 3.8) is 0 Å². The molecule has 0 spiro atoms. The molecule has 1 aliphatic rings. The number of nitrogens with one attached hydrogen (secondary N) is 1. The Morgan fingerprint density at radius 3 is 2.67 bits per heavy atom. The molecule has 0 amide bonds. The fourth-order valence-electron chi connectivity index (χ4n) is 1.64. The fraction of sp³-hybridized carbons (Fsp3) is 0.286. The van der Waals surface area contributed by atoms with Gasteiger partial charge in [0.05, 0.1) is 0 Å². The second-order valence-corrected chi connectivity index (χ2v) is 3.86. The predicted molar refractivity (Wildman–Crippen MR) is 67.1 cm³/mol. The van der Waals surface area contributed by atoms with Crippen molar-refractivity contribution in [3.05, 3.63) is 48.2 Å². The van der Waals surface area contributed by atoms with E-state index in [1.54, 1.807) is 7.11 Å². The molecule has 0 aliphatic carbocycles. The zero-order valence-corrected chi connectivity index (χ0v) is 13.4. The monoisotopic (exact) mass is 319 g/mol. The van der Waals surface area contributed by atoms with Crippen LogP contribution in [0.3, 0.4) is 0 Å². The molecular weight excluding hydrogens is 303 g/mol. The zero-order chi connectivity index (χ0) is 12.1. The SMILES string of the molecule is C=C1CC[C-]=C(c2ccc(OCOC)cc2)N1.[Y]. The predicted octanol–water partition coefficient (Wildman–Crippen LogP) is 2.71. The average molecular weight is 319 g/mol. The first kappa shape index (κ1) is 15.4. The number of hydrogen-bond donors (Lipinski definition) is 1. The molecule has 1 aromatic carbocycles. The minimum absolute atomic E-state index is 0. The average Bonchev–Trinajstić information content (AvgIpc) is 2.37. The van der Waals surface area contributed by atoms with Crippen LogP contribution in [0.25, 0.3) is 5.70 Å². The van der Waals surface area contributed by atoms with Gasteiger partial charge in [-0.05, 0) is 18.6 Å². The van der Waals surface area contributed by atoms with Gasteiger partial charge >= 0.3 is 0 Å². The van der Waals surface area contributed by atoms with Gasteiger partial charge < -0.3 is 14.8 Å². The van der Waals surface area contributed by atoms with Gasteiger partial charge in [-0.3, -0.25) is 0 Å². The van der Waals surface area contributed by atoms with Crippen LogP contribution in [0, 0.1) is 6.08 Å². The Labute approximate surface area is 133 Å². The van der Waals surface area contributed by atoms with Gasteiger partial charge in [0, 0.05) is 45.5 Å². The van der Waals surface area contributed by atoms with Crippen LogP contribution in [-0.2, 0) is 37.4 Å². The summed E-state index contributed by atoms with van der Waals surface area (Å²) < 4.78 is 10.2. The Kier molecular flexibility index (Phi) is 6.62. The number of ether oxygens (including phenoxy) is 2. The van der Waals surface area contributed by atoms with Gasteiger partial charge in [0.15, 0.2) is 6.79 Å². The van der Waals surface area contributed by atoms with Gasteiger partial charge in [0.2, 0.25) is 0 Å². The Balaban J connectivity index is 0.00000162. The third kappa shape index (κ3) is 4.23. The van der Waals surface area contributed by atoms with Gasteiger partial charge in [-0.1, -0.05) is 6.58 Å². The van der Waals surface area contributed by atoms with Crippen LogP contribution >= 0.6 is 0 Å². The molecule has 4 heteroatoms. The van der Waals surface area contributed by atoms with Crippen molar-refractivity contribution in [3.8, 4) is 5.75 Å². The van der Waals surface area contributed by atoms with Gasteiger partial charge in [-0.15, -0.1) is 24.3 Å². The molecule has 1 radical (unpaired) electrons. The molecule has 1 heterocycles. The summed E-state index contributed by atoms with van der Waals surface area (Å²) >= 11 is 0. The van der Waals surface area contributed by atoms with E-state index in [9.17, 15) is 0 Å². The molecule has 0 aromatic heterocycles. The third-order valence-electron chi connectivity index (χ3n) is 2.52. The number of benzene rings is 1. The molecule has 2 rings (SSSR count). The van der Waals surface area contributed by atoms with Gasteiger partial charge in [0.1, 0.15) is 5.75 Å². The normalized spacial score (nSPS) is 14.3. The van der Waals surface area contributed by atoms with Crippen LogP contribution in [0.1, 0.15) is 18.4 Å². The number of allylic oxidation sites excluding steroid dienone is 2. The Hall–Kier alpha value is -0.636. The van der Waals surface area contributed by atoms with E-state index in [1.807, 2.05) is 24.3 Å². The van der Waals surface area contributed by atoms with Gasteiger partial charge in [-0.25, -0.2) is 6.08 Å². The molecular formula is C14H16NO2Y-. The summed E-state index contributed by atoms with van der Waals surface area (Å²) in [5.41, 5.74) is 3.13. The summed E-state index contributed by atoms with van der Waals surface area (Å²) in [5.74, 6) is 0.797. The second-order valence-electron chi connectivity index (χ2n) is 3.86. The van der Waals surface area contributed by atoms with Crippen LogP contribution in [0.5, 0.6) is 5.75 Å². The van der Waals surface area contributed by atoms with Crippen molar-refractivity contribution in [2.45, 2.75) is 12.8 Å². The molecule has 1 N–H and O–H groups in total. The molecule has 0 atom stereocenters. The van der Waals surface area contributed by atoms with E-state index in [4.69, 9.17) is 9.47 Å². The minimum Gasteiger partial charge on any atom is -0.468 e. The smallest absolute Gasteiger partial charge is 0.188 e. The molecule has 0 saturated heterocycles. The second kappa shape index (κ2) is 7.72. The summed E-state index contributed by atoms with van der Waals surface area (Å²) in [6.45, 7) is 4.20. The van der Waals surface area contributed by atoms with E-state index < -0.39 is 0 Å². The molecule has 0 unspecified atom stereocenters. The molecule has 0 fully saturated rings. The molecule has 1 aromatic rings. The maximum atomic E-state index is 5.33. The Bertz CT molecular complexity index is 426. The topological polar surface area (TPSA) is 30.5 Å². The van der Waals surface area contributed by atoms with E-state index in [1.165, 1.54) is 0 Å². The summed E-state index contributed by atoms with van der Waals surface area (Å²) in [6, 6.07) is 7.84. The summed E-state index contributed by atoms with van der Waals surface area (Å²) in [5, 5.41) is 3.24. The minimum atomic E-state index is 0. The van der Waals surface area contributed by atoms with Crippen LogP contribution in [0.4, 0.5) is 0 Å². The van der Waals surface area contributed by atoms with Crippen molar-refractivity contribution in [2.75, 3.05) is 13.9 Å². The molecule has 1 aliphatic heterocycles. The van der Waals surface area contributed by atoms with E-state index >= 15 is 0 Å². The maximum absolute atomic E-state index is 5.33. The third-order valence-corrected chi connectivity index (χ3v) is 2.52. The van der Waals surface area contributed by atoms with Gasteiger partial charge in [0.25, 0.3) is 0 Å². The summed E-state index contributed by atoms with van der Waals surface area (Å²) in [6.07, 6.45) is 5.18. The molecule has 18 heavy (non-hydrogen) atoms. The summed E-state index contributed by atoms with van der Waals surface area (Å²) in [4.78, 5) is 0. The Morgan fingerprint density at radius 1 is 1.33 bits per heavy atom. The van der Waals surface area contributed by atoms with Crippen LogP contribution < -0.4 is 10.1 Å². The van der Waals surface area contributed by atoms with Crippen LogP contribution in [0.15, 0.2) is 36.5 Å². The van der Waals surface area contributed by atoms with E-state index in [-0.39, 0.29) is 39.5 Å². The largest absolute Gasteiger partial charge is 0.468 e. The van der Waals surface area contributed by atoms with Crippen molar-refractivity contribution < 1.29 is 42.2 Å². The zero-order valence-electron chi connectivity index (χ0n) is 10.5. The van der Waals surface area contributed by atoms with Crippen LogP contribution in [-0.4, -0.2) is 13.9 Å². The first-order chi connectivity index (χ1) is 8.29. The van der Waals surface area contributed by atoms with Crippen molar-refractivity contribution in [1.29, 1.82) is 0 Å². The standard InChI is InChI=1S/C14H16NO2.Y/c1-11-4-3-5-14(15-11)12-6-8-13(9-7-12)17-10-16-2;/h6-9,15H,1,3-4,10H2,2H3;/q-1;. The first-order valence-electron chi connectivity index (χ1n) is 5.57. The van der Waals surface area contributed by atoms with E-state index in [2.05, 4.69) is 18.0 Å². The summed E-state index contributed by atoms with van der Waals surface area (Å²) in [7, 11) is 1.60. The first-order valence-corrected chi connectivity index (χ1v) is 5.57. The molecule has 0 bridgehead atoms. The van der Waals surface area contributed by atoms with Crippen LogP contribution in [0.2, 0.25) is 0 Å². The molecule has 0 saturated carbocycles. The number of rotatable bonds is 4. The maximum Gasteiger partial charge on any atom is 0.188 e. The van der Waals surface area contributed by atoms with Crippen molar-refractivity contribution in [1.82, 2.24) is 5.32 Å².